The van der Waals surface area contributed by atoms with Crippen LogP contribution in [0, 0.1) is 5.92 Å². The van der Waals surface area contributed by atoms with E-state index in [4.69, 9.17) is 5.73 Å². The molecular weight excluding hydrogens is 244 g/mol. The number of carbonyl (C=O) groups excluding carboxylic acids is 1. The molecule has 1 rings (SSSR count). The molecule has 0 saturated carbocycles. The third-order valence-electron chi connectivity index (χ3n) is 3.18. The zero-order chi connectivity index (χ0) is 13.7. The zero-order valence-corrected chi connectivity index (χ0v) is 12.6. The molecule has 1 aromatic rings. The predicted molar refractivity (Wildman–Crippen MR) is 80.5 cm³/mol. The van der Waals surface area contributed by atoms with Gasteiger partial charge in [0.15, 0.2) is 5.78 Å². The maximum atomic E-state index is 11.7. The van der Waals surface area contributed by atoms with E-state index in [1.807, 2.05) is 13.0 Å². The smallest absolute Gasteiger partial charge is 0.174 e. The molecule has 102 valence electrons. The molecule has 1 aromatic heterocycles. The molecule has 0 aliphatic carbocycles. The first kappa shape index (κ1) is 15.0. The van der Waals surface area contributed by atoms with Gasteiger partial charge in [0.05, 0.1) is 15.6 Å². The summed E-state index contributed by atoms with van der Waals surface area (Å²) in [5, 5.41) is 4.43. The van der Waals surface area contributed by atoms with Crippen LogP contribution in [0.2, 0.25) is 0 Å². The molecule has 3 nitrogen and oxygen atoms in total. The lowest BCUT2D eigenvalue weighted by atomic mass is 10.0. The van der Waals surface area contributed by atoms with Gasteiger partial charge in [0.25, 0.3) is 0 Å². The highest BCUT2D eigenvalue weighted by atomic mass is 32.1. The molecule has 18 heavy (non-hydrogen) atoms. The first-order chi connectivity index (χ1) is 8.47. The summed E-state index contributed by atoms with van der Waals surface area (Å²) in [6, 6.07) is 2.28. The Morgan fingerprint density at radius 2 is 2.11 bits per heavy atom. The van der Waals surface area contributed by atoms with Crippen molar-refractivity contribution >= 4 is 27.8 Å². The SMILES string of the molecule is CCC(=O)c1sc(NC(C)CC(C)CC)cc1N. The minimum Gasteiger partial charge on any atom is -0.397 e. The van der Waals surface area contributed by atoms with Gasteiger partial charge in [-0.05, 0) is 25.3 Å². The molecule has 0 saturated heterocycles. The summed E-state index contributed by atoms with van der Waals surface area (Å²) in [7, 11) is 0. The van der Waals surface area contributed by atoms with E-state index in [1.54, 1.807) is 0 Å². The molecule has 2 unspecified atom stereocenters. The highest BCUT2D eigenvalue weighted by Gasteiger charge is 2.14. The Kier molecular flexibility index (Phi) is 5.66. The summed E-state index contributed by atoms with van der Waals surface area (Å²) < 4.78 is 0. The highest BCUT2D eigenvalue weighted by Crippen LogP contribution is 2.31. The van der Waals surface area contributed by atoms with E-state index in [1.165, 1.54) is 17.8 Å². The molecule has 2 atom stereocenters. The van der Waals surface area contributed by atoms with E-state index in [9.17, 15) is 4.79 Å². The van der Waals surface area contributed by atoms with Crippen molar-refractivity contribution in [2.24, 2.45) is 5.92 Å². The second-order valence-electron chi connectivity index (χ2n) is 4.97. The van der Waals surface area contributed by atoms with Gasteiger partial charge in [0.1, 0.15) is 0 Å². The molecule has 0 fully saturated rings. The molecule has 0 spiro atoms. The van der Waals surface area contributed by atoms with Crippen LogP contribution >= 0.6 is 11.3 Å². The third kappa shape index (κ3) is 4.02. The first-order valence-corrected chi connectivity index (χ1v) is 7.48. The zero-order valence-electron chi connectivity index (χ0n) is 11.7. The number of thiophene rings is 1. The Bertz CT molecular complexity index is 400. The average Bonchev–Trinajstić information content (AvgIpc) is 2.68. The van der Waals surface area contributed by atoms with Crippen LogP contribution in [0.4, 0.5) is 10.7 Å². The Morgan fingerprint density at radius 1 is 1.44 bits per heavy atom. The maximum absolute atomic E-state index is 11.7. The van der Waals surface area contributed by atoms with Gasteiger partial charge in [-0.15, -0.1) is 11.3 Å². The molecule has 4 heteroatoms. The van der Waals surface area contributed by atoms with Crippen LogP contribution in [0.15, 0.2) is 6.07 Å². The molecule has 3 N–H and O–H groups in total. The Labute approximate surface area is 114 Å². The van der Waals surface area contributed by atoms with Crippen molar-refractivity contribution in [2.45, 2.75) is 53.0 Å². The van der Waals surface area contributed by atoms with Crippen molar-refractivity contribution in [1.82, 2.24) is 0 Å². The quantitative estimate of drug-likeness (QED) is 0.730. The van der Waals surface area contributed by atoms with Gasteiger partial charge in [-0.1, -0.05) is 27.2 Å². The van der Waals surface area contributed by atoms with Gasteiger partial charge in [-0.25, -0.2) is 0 Å². The number of ketones is 1. The monoisotopic (exact) mass is 268 g/mol. The van der Waals surface area contributed by atoms with E-state index < -0.39 is 0 Å². The van der Waals surface area contributed by atoms with Crippen molar-refractivity contribution < 1.29 is 4.79 Å². The number of carbonyl (C=O) groups is 1. The van der Waals surface area contributed by atoms with E-state index in [2.05, 4.69) is 26.1 Å². The molecular formula is C14H24N2OS. The lowest BCUT2D eigenvalue weighted by Gasteiger charge is -2.17. The summed E-state index contributed by atoms with van der Waals surface area (Å²) in [5.74, 6) is 0.835. The summed E-state index contributed by atoms with van der Waals surface area (Å²) >= 11 is 1.47. The van der Waals surface area contributed by atoms with E-state index in [-0.39, 0.29) is 5.78 Å². The van der Waals surface area contributed by atoms with Gasteiger partial charge in [0, 0.05) is 12.5 Å². The van der Waals surface area contributed by atoms with Crippen LogP contribution in [0.25, 0.3) is 0 Å². The van der Waals surface area contributed by atoms with Gasteiger partial charge < -0.3 is 11.1 Å². The fourth-order valence-electron chi connectivity index (χ4n) is 1.93. The van der Waals surface area contributed by atoms with Crippen molar-refractivity contribution in [2.75, 3.05) is 11.1 Å². The summed E-state index contributed by atoms with van der Waals surface area (Å²) in [5.41, 5.74) is 6.47. The lowest BCUT2D eigenvalue weighted by molar-refractivity contribution is 0.0993. The van der Waals surface area contributed by atoms with Crippen molar-refractivity contribution in [1.29, 1.82) is 0 Å². The highest BCUT2D eigenvalue weighted by molar-refractivity contribution is 7.18. The summed E-state index contributed by atoms with van der Waals surface area (Å²) in [6.45, 7) is 8.50. The van der Waals surface area contributed by atoms with Gasteiger partial charge in [0.2, 0.25) is 0 Å². The van der Waals surface area contributed by atoms with Crippen LogP contribution in [0.1, 0.15) is 56.6 Å². The second kappa shape index (κ2) is 6.78. The van der Waals surface area contributed by atoms with Crippen molar-refractivity contribution in [3.63, 3.8) is 0 Å². The molecule has 1 heterocycles. The van der Waals surface area contributed by atoms with E-state index >= 15 is 0 Å². The average molecular weight is 268 g/mol. The Morgan fingerprint density at radius 3 is 2.67 bits per heavy atom. The number of nitrogens with one attached hydrogen (secondary N) is 1. The summed E-state index contributed by atoms with van der Waals surface area (Å²) in [6.07, 6.45) is 2.83. The van der Waals surface area contributed by atoms with Crippen molar-refractivity contribution in [3.05, 3.63) is 10.9 Å². The number of Topliss-reactive ketones (excluding diaryl/α,β-unsaturated/α-hetero) is 1. The van der Waals surface area contributed by atoms with Gasteiger partial charge >= 0.3 is 0 Å². The first-order valence-electron chi connectivity index (χ1n) is 6.66. The van der Waals surface area contributed by atoms with E-state index in [0.29, 0.717) is 28.9 Å². The molecule has 0 aliphatic rings. The second-order valence-corrected chi connectivity index (χ2v) is 6.02. The normalized spacial score (nSPS) is 14.2. The predicted octanol–water partition coefficient (Wildman–Crippen LogP) is 4.16. The molecule has 0 bridgehead atoms. The summed E-state index contributed by atoms with van der Waals surface area (Å²) in [4.78, 5) is 12.4. The van der Waals surface area contributed by atoms with Crippen LogP contribution in [0.3, 0.4) is 0 Å². The maximum Gasteiger partial charge on any atom is 0.174 e. The van der Waals surface area contributed by atoms with Crippen LogP contribution in [0.5, 0.6) is 0 Å². The van der Waals surface area contributed by atoms with E-state index in [0.717, 1.165) is 11.4 Å². The molecule has 0 amide bonds. The number of anilines is 2. The number of hydrogen-bond acceptors (Lipinski definition) is 4. The molecule has 0 radical (unpaired) electrons. The number of nitrogen functional groups attached to an aromatic ring is 1. The number of hydrogen-bond donors (Lipinski definition) is 2. The van der Waals surface area contributed by atoms with Crippen LogP contribution in [-0.4, -0.2) is 11.8 Å². The minimum absolute atomic E-state index is 0.125. The van der Waals surface area contributed by atoms with Gasteiger partial charge in [-0.2, -0.15) is 0 Å². The van der Waals surface area contributed by atoms with Gasteiger partial charge in [-0.3, -0.25) is 4.79 Å². The minimum atomic E-state index is 0.125. The number of nitrogens with two attached hydrogens (primary N) is 1. The Hall–Kier alpha value is -1.03. The third-order valence-corrected chi connectivity index (χ3v) is 4.30. The standard InChI is InChI=1S/C14H24N2OS/c1-5-9(3)7-10(4)16-13-8-11(15)14(18-13)12(17)6-2/h8-10,16H,5-7,15H2,1-4H3. The molecule has 0 aliphatic heterocycles. The van der Waals surface area contributed by atoms with Crippen LogP contribution in [-0.2, 0) is 0 Å². The lowest BCUT2D eigenvalue weighted by Crippen LogP contribution is -2.17. The topological polar surface area (TPSA) is 55.1 Å². The molecule has 0 aromatic carbocycles. The Balaban J connectivity index is 2.65. The number of rotatable bonds is 7. The fourth-order valence-corrected chi connectivity index (χ4v) is 3.03. The van der Waals surface area contributed by atoms with Crippen molar-refractivity contribution in [3.8, 4) is 0 Å². The van der Waals surface area contributed by atoms with Crippen LogP contribution < -0.4 is 11.1 Å². The largest absolute Gasteiger partial charge is 0.397 e. The fraction of sp³-hybridized carbons (Fsp3) is 0.643.